The third-order valence-electron chi connectivity index (χ3n) is 2.47. The molecule has 0 spiro atoms. The van der Waals surface area contributed by atoms with E-state index in [4.69, 9.17) is 12.2 Å². The first kappa shape index (κ1) is 13.1. The van der Waals surface area contributed by atoms with Crippen LogP contribution in [0, 0.1) is 0 Å². The van der Waals surface area contributed by atoms with Crippen LogP contribution >= 0.6 is 24.0 Å². The number of rotatable bonds is 8. The van der Waals surface area contributed by atoms with Crippen molar-refractivity contribution in [3.8, 4) is 0 Å². The average Bonchev–Trinajstić information content (AvgIpc) is 3.00. The van der Waals surface area contributed by atoms with Gasteiger partial charge in [-0.2, -0.15) is 11.8 Å². The summed E-state index contributed by atoms with van der Waals surface area (Å²) < 4.78 is 0. The molecule has 1 rings (SSSR count). The Morgan fingerprint density at radius 3 is 2.67 bits per heavy atom. The van der Waals surface area contributed by atoms with Crippen molar-refractivity contribution in [2.24, 2.45) is 0 Å². The summed E-state index contributed by atoms with van der Waals surface area (Å²) in [6.07, 6.45) is 10.0. The van der Waals surface area contributed by atoms with Gasteiger partial charge in [-0.1, -0.05) is 12.8 Å². The summed E-state index contributed by atoms with van der Waals surface area (Å²) in [5.41, 5.74) is 0. The molecule has 2 N–H and O–H groups in total. The lowest BCUT2D eigenvalue weighted by Gasteiger charge is -2.08. The Hall–Kier alpha value is 0.0400. The van der Waals surface area contributed by atoms with E-state index < -0.39 is 0 Å². The molecule has 0 amide bonds. The summed E-state index contributed by atoms with van der Waals surface area (Å²) in [5, 5.41) is 7.39. The van der Waals surface area contributed by atoms with Crippen LogP contribution in [0.15, 0.2) is 0 Å². The molecule has 0 aromatic heterocycles. The van der Waals surface area contributed by atoms with Crippen molar-refractivity contribution >= 4 is 29.1 Å². The molecular formula is C11H22N2S2. The molecule has 1 saturated carbocycles. The quantitative estimate of drug-likeness (QED) is 0.508. The maximum atomic E-state index is 5.16. The zero-order chi connectivity index (χ0) is 10.9. The summed E-state index contributed by atoms with van der Waals surface area (Å²) in [6, 6.07) is 0.673. The fraction of sp³-hybridized carbons (Fsp3) is 0.909. The Balaban J connectivity index is 1.77. The lowest BCUT2D eigenvalue weighted by molar-refractivity contribution is 0.653. The average molecular weight is 246 g/mol. The number of unbranched alkanes of at least 4 members (excludes halogenated alkanes) is 3. The Morgan fingerprint density at radius 1 is 1.27 bits per heavy atom. The molecule has 0 bridgehead atoms. The number of hydrogen-bond acceptors (Lipinski definition) is 2. The fourth-order valence-corrected chi connectivity index (χ4v) is 2.15. The largest absolute Gasteiger partial charge is 0.363 e. The second-order valence-electron chi connectivity index (χ2n) is 4.08. The van der Waals surface area contributed by atoms with E-state index in [2.05, 4.69) is 16.9 Å². The third-order valence-corrected chi connectivity index (χ3v) is 3.43. The van der Waals surface area contributed by atoms with Gasteiger partial charge in [-0.25, -0.2) is 0 Å². The smallest absolute Gasteiger partial charge is 0.166 e. The highest BCUT2D eigenvalue weighted by Gasteiger charge is 2.21. The molecule has 4 heteroatoms. The van der Waals surface area contributed by atoms with Gasteiger partial charge in [0, 0.05) is 12.6 Å². The van der Waals surface area contributed by atoms with Crippen molar-refractivity contribution in [3.05, 3.63) is 0 Å². The normalized spacial score (nSPS) is 15.0. The standard InChI is InChI=1S/C11H22N2S2/c1-15-9-5-3-2-4-8-12-11(14)13-10-6-7-10/h10H,2-9H2,1H3,(H2,12,13,14). The van der Waals surface area contributed by atoms with Crippen LogP contribution in [0.3, 0.4) is 0 Å². The van der Waals surface area contributed by atoms with Crippen molar-refractivity contribution in [1.82, 2.24) is 10.6 Å². The SMILES string of the molecule is CSCCCCCCNC(=S)NC1CC1. The summed E-state index contributed by atoms with van der Waals surface area (Å²) >= 11 is 7.10. The molecule has 0 saturated heterocycles. The molecule has 1 aliphatic rings. The molecule has 0 unspecified atom stereocenters. The topological polar surface area (TPSA) is 24.1 Å². The second kappa shape index (κ2) is 8.22. The van der Waals surface area contributed by atoms with Crippen LogP contribution < -0.4 is 10.6 Å². The molecule has 0 radical (unpaired) electrons. The van der Waals surface area contributed by atoms with E-state index >= 15 is 0 Å². The molecule has 88 valence electrons. The molecule has 1 fully saturated rings. The first-order chi connectivity index (χ1) is 7.33. The minimum Gasteiger partial charge on any atom is -0.363 e. The monoisotopic (exact) mass is 246 g/mol. The maximum Gasteiger partial charge on any atom is 0.166 e. The minimum absolute atomic E-state index is 0.673. The van der Waals surface area contributed by atoms with Crippen LogP contribution in [-0.2, 0) is 0 Å². The first-order valence-corrected chi connectivity index (χ1v) is 7.66. The molecule has 0 heterocycles. The highest BCUT2D eigenvalue weighted by atomic mass is 32.2. The third kappa shape index (κ3) is 7.91. The summed E-state index contributed by atoms with van der Waals surface area (Å²) in [5.74, 6) is 1.30. The Morgan fingerprint density at radius 2 is 2.00 bits per heavy atom. The van der Waals surface area contributed by atoms with Crippen LogP contribution in [0.25, 0.3) is 0 Å². The van der Waals surface area contributed by atoms with Crippen molar-refractivity contribution in [2.75, 3.05) is 18.6 Å². The summed E-state index contributed by atoms with van der Waals surface area (Å²) in [7, 11) is 0. The van der Waals surface area contributed by atoms with Crippen LogP contribution in [0.1, 0.15) is 38.5 Å². The molecular weight excluding hydrogens is 224 g/mol. The van der Waals surface area contributed by atoms with Gasteiger partial charge in [0.1, 0.15) is 0 Å². The van der Waals surface area contributed by atoms with Crippen LogP contribution in [-0.4, -0.2) is 29.7 Å². The molecule has 0 atom stereocenters. The number of nitrogens with one attached hydrogen (secondary N) is 2. The lowest BCUT2D eigenvalue weighted by Crippen LogP contribution is -2.36. The van der Waals surface area contributed by atoms with Gasteiger partial charge >= 0.3 is 0 Å². The Bertz CT molecular complexity index is 181. The number of hydrogen-bond donors (Lipinski definition) is 2. The van der Waals surface area contributed by atoms with Gasteiger partial charge in [0.05, 0.1) is 0 Å². The van der Waals surface area contributed by atoms with E-state index in [0.29, 0.717) is 6.04 Å². The minimum atomic E-state index is 0.673. The Kier molecular flexibility index (Phi) is 7.18. The lowest BCUT2D eigenvalue weighted by atomic mass is 10.2. The van der Waals surface area contributed by atoms with Gasteiger partial charge in [0.15, 0.2) is 5.11 Å². The first-order valence-electron chi connectivity index (χ1n) is 5.86. The molecule has 0 aromatic carbocycles. The predicted octanol–water partition coefficient (Wildman–Crippen LogP) is 2.54. The number of thiocarbonyl (C=S) groups is 1. The van der Waals surface area contributed by atoms with Crippen molar-refractivity contribution in [3.63, 3.8) is 0 Å². The van der Waals surface area contributed by atoms with Crippen molar-refractivity contribution in [2.45, 2.75) is 44.6 Å². The van der Waals surface area contributed by atoms with Gasteiger partial charge in [-0.05, 0) is 49.9 Å². The van der Waals surface area contributed by atoms with Gasteiger partial charge in [0.25, 0.3) is 0 Å². The summed E-state index contributed by atoms with van der Waals surface area (Å²) in [4.78, 5) is 0. The zero-order valence-corrected chi connectivity index (χ0v) is 11.2. The maximum absolute atomic E-state index is 5.16. The van der Waals surface area contributed by atoms with Crippen LogP contribution in [0.5, 0.6) is 0 Å². The van der Waals surface area contributed by atoms with Gasteiger partial charge in [0.2, 0.25) is 0 Å². The van der Waals surface area contributed by atoms with Gasteiger partial charge < -0.3 is 10.6 Å². The molecule has 1 aliphatic carbocycles. The van der Waals surface area contributed by atoms with E-state index in [1.807, 2.05) is 11.8 Å². The van der Waals surface area contributed by atoms with Crippen molar-refractivity contribution < 1.29 is 0 Å². The van der Waals surface area contributed by atoms with Crippen LogP contribution in [0.2, 0.25) is 0 Å². The highest BCUT2D eigenvalue weighted by Crippen LogP contribution is 2.18. The highest BCUT2D eigenvalue weighted by molar-refractivity contribution is 7.98. The van der Waals surface area contributed by atoms with E-state index in [9.17, 15) is 0 Å². The molecule has 0 aromatic rings. The Labute approximate surface area is 103 Å². The fourth-order valence-electron chi connectivity index (χ4n) is 1.39. The van der Waals surface area contributed by atoms with E-state index in [1.54, 1.807) is 0 Å². The predicted molar refractivity (Wildman–Crippen MR) is 73.6 cm³/mol. The van der Waals surface area contributed by atoms with Crippen molar-refractivity contribution in [1.29, 1.82) is 0 Å². The van der Waals surface area contributed by atoms with Gasteiger partial charge in [-0.3, -0.25) is 0 Å². The molecule has 15 heavy (non-hydrogen) atoms. The summed E-state index contributed by atoms with van der Waals surface area (Å²) in [6.45, 7) is 1.03. The van der Waals surface area contributed by atoms with Gasteiger partial charge in [-0.15, -0.1) is 0 Å². The van der Waals surface area contributed by atoms with E-state index in [0.717, 1.165) is 11.7 Å². The van der Waals surface area contributed by atoms with E-state index in [-0.39, 0.29) is 0 Å². The number of thioether (sulfide) groups is 1. The van der Waals surface area contributed by atoms with Crippen LogP contribution in [0.4, 0.5) is 0 Å². The second-order valence-corrected chi connectivity index (χ2v) is 5.48. The molecule has 0 aliphatic heterocycles. The molecule has 2 nitrogen and oxygen atoms in total. The zero-order valence-electron chi connectivity index (χ0n) is 9.55. The van der Waals surface area contributed by atoms with E-state index in [1.165, 1.54) is 44.3 Å².